The van der Waals surface area contributed by atoms with E-state index in [0.29, 0.717) is 12.1 Å². The summed E-state index contributed by atoms with van der Waals surface area (Å²) < 4.78 is 6.11. The maximum Gasteiger partial charge on any atom is 0.251 e. The van der Waals surface area contributed by atoms with Gasteiger partial charge in [0.1, 0.15) is 11.9 Å². The van der Waals surface area contributed by atoms with Gasteiger partial charge in [0.15, 0.2) is 0 Å². The van der Waals surface area contributed by atoms with Crippen molar-refractivity contribution in [2.75, 3.05) is 24.5 Å². The summed E-state index contributed by atoms with van der Waals surface area (Å²) in [6, 6.07) is 19.4. The molecule has 1 saturated heterocycles. The number of ether oxygens (including phenoxy) is 1. The van der Waals surface area contributed by atoms with Gasteiger partial charge in [0, 0.05) is 50.4 Å². The Morgan fingerprint density at radius 2 is 1.67 bits per heavy atom. The molecule has 30 heavy (non-hydrogen) atoms. The molecule has 0 bridgehead atoms. The van der Waals surface area contributed by atoms with Crippen molar-refractivity contribution in [2.45, 2.75) is 25.4 Å². The maximum absolute atomic E-state index is 12.3. The van der Waals surface area contributed by atoms with Crippen molar-refractivity contribution in [1.82, 2.24) is 15.3 Å². The van der Waals surface area contributed by atoms with Crippen LogP contribution in [0.15, 0.2) is 73.1 Å². The van der Waals surface area contributed by atoms with Crippen molar-refractivity contribution in [2.24, 2.45) is 0 Å². The third-order valence-electron chi connectivity index (χ3n) is 5.24. The second-order valence-electron chi connectivity index (χ2n) is 7.37. The summed E-state index contributed by atoms with van der Waals surface area (Å²) in [5.41, 5.74) is 1.86. The molecule has 0 radical (unpaired) electrons. The molecule has 0 aliphatic carbocycles. The normalized spacial score (nSPS) is 14.3. The Kier molecular flexibility index (Phi) is 6.54. The van der Waals surface area contributed by atoms with Crippen LogP contribution in [0.3, 0.4) is 0 Å². The Hall–Kier alpha value is -3.41. The number of amides is 1. The molecule has 6 heteroatoms. The van der Waals surface area contributed by atoms with Gasteiger partial charge in [-0.15, -0.1) is 0 Å². The lowest BCUT2D eigenvalue weighted by Gasteiger charge is -2.32. The van der Waals surface area contributed by atoms with E-state index in [1.807, 2.05) is 48.5 Å². The van der Waals surface area contributed by atoms with Crippen molar-refractivity contribution in [3.63, 3.8) is 0 Å². The van der Waals surface area contributed by atoms with Crippen molar-refractivity contribution < 1.29 is 9.53 Å². The summed E-state index contributed by atoms with van der Waals surface area (Å²) in [4.78, 5) is 23.1. The largest absolute Gasteiger partial charge is 0.490 e. The maximum atomic E-state index is 12.3. The Labute approximate surface area is 176 Å². The topological polar surface area (TPSA) is 67.3 Å². The molecule has 154 valence electrons. The summed E-state index contributed by atoms with van der Waals surface area (Å²) in [6.07, 6.45) is 6.35. The van der Waals surface area contributed by atoms with Crippen LogP contribution in [0, 0.1) is 0 Å². The molecule has 0 unspecified atom stereocenters. The molecule has 6 nitrogen and oxygen atoms in total. The molecular formula is C24H26N4O2. The van der Waals surface area contributed by atoms with Gasteiger partial charge in [-0.2, -0.15) is 0 Å². The first-order chi connectivity index (χ1) is 14.8. The second kappa shape index (κ2) is 9.87. The average Bonchev–Trinajstić information content (AvgIpc) is 2.81. The lowest BCUT2D eigenvalue weighted by molar-refractivity contribution is 0.0954. The van der Waals surface area contributed by atoms with Gasteiger partial charge in [-0.05, 0) is 42.3 Å². The van der Waals surface area contributed by atoms with Gasteiger partial charge in [-0.25, -0.2) is 9.97 Å². The SMILES string of the molecule is O=C(NCCc1ccccc1)c1ccc(OC2CCN(c3ncccn3)CC2)cc1. The van der Waals surface area contributed by atoms with Gasteiger partial charge >= 0.3 is 0 Å². The highest BCUT2D eigenvalue weighted by molar-refractivity contribution is 5.94. The molecule has 2 aromatic carbocycles. The minimum atomic E-state index is -0.0614. The number of carbonyl (C=O) groups excluding carboxylic acids is 1. The fourth-order valence-corrected chi connectivity index (χ4v) is 3.57. The Balaban J connectivity index is 1.22. The van der Waals surface area contributed by atoms with Gasteiger partial charge in [-0.1, -0.05) is 30.3 Å². The number of hydrogen-bond donors (Lipinski definition) is 1. The molecule has 0 spiro atoms. The van der Waals surface area contributed by atoms with Crippen LogP contribution in [-0.4, -0.2) is 41.6 Å². The van der Waals surface area contributed by atoms with Crippen LogP contribution in [-0.2, 0) is 6.42 Å². The highest BCUT2D eigenvalue weighted by atomic mass is 16.5. The van der Waals surface area contributed by atoms with E-state index in [1.165, 1.54) is 5.56 Å². The number of aromatic nitrogens is 2. The first kappa shape index (κ1) is 19.9. The van der Waals surface area contributed by atoms with E-state index >= 15 is 0 Å². The van der Waals surface area contributed by atoms with Crippen molar-refractivity contribution in [3.05, 3.63) is 84.2 Å². The lowest BCUT2D eigenvalue weighted by Crippen LogP contribution is -2.39. The Morgan fingerprint density at radius 1 is 0.967 bits per heavy atom. The average molecular weight is 402 g/mol. The molecule has 1 amide bonds. The summed E-state index contributed by atoms with van der Waals surface area (Å²) >= 11 is 0. The number of rotatable bonds is 7. The van der Waals surface area contributed by atoms with Crippen LogP contribution in [0.5, 0.6) is 5.75 Å². The minimum absolute atomic E-state index is 0.0614. The van der Waals surface area contributed by atoms with Gasteiger partial charge in [0.05, 0.1) is 0 Å². The predicted octanol–water partition coefficient (Wildman–Crippen LogP) is 3.50. The minimum Gasteiger partial charge on any atom is -0.490 e. The van der Waals surface area contributed by atoms with Crippen LogP contribution in [0.2, 0.25) is 0 Å². The molecule has 4 rings (SSSR count). The summed E-state index contributed by atoms with van der Waals surface area (Å²) in [7, 11) is 0. The van der Waals surface area contributed by atoms with Crippen LogP contribution in [0.4, 0.5) is 5.95 Å². The fourth-order valence-electron chi connectivity index (χ4n) is 3.57. The smallest absolute Gasteiger partial charge is 0.251 e. The molecule has 2 heterocycles. The van der Waals surface area contributed by atoms with E-state index in [-0.39, 0.29) is 12.0 Å². The van der Waals surface area contributed by atoms with Crippen molar-refractivity contribution in [1.29, 1.82) is 0 Å². The number of nitrogens with zero attached hydrogens (tertiary/aromatic N) is 3. The zero-order valence-corrected chi connectivity index (χ0v) is 16.9. The van der Waals surface area contributed by atoms with E-state index in [4.69, 9.17) is 4.74 Å². The predicted molar refractivity (Wildman–Crippen MR) is 117 cm³/mol. The van der Waals surface area contributed by atoms with Crippen LogP contribution >= 0.6 is 0 Å². The van der Waals surface area contributed by atoms with Crippen molar-refractivity contribution in [3.8, 4) is 5.75 Å². The molecule has 1 aromatic heterocycles. The summed E-state index contributed by atoms with van der Waals surface area (Å²) in [5.74, 6) is 1.51. The Bertz CT molecular complexity index is 924. The molecular weight excluding hydrogens is 376 g/mol. The van der Waals surface area contributed by atoms with Gasteiger partial charge in [-0.3, -0.25) is 4.79 Å². The number of anilines is 1. The second-order valence-corrected chi connectivity index (χ2v) is 7.37. The number of nitrogens with one attached hydrogen (secondary N) is 1. The standard InChI is InChI=1S/C24H26N4O2/c29-23(25-16-11-19-5-2-1-3-6-19)20-7-9-21(10-8-20)30-22-12-17-28(18-13-22)24-26-14-4-15-27-24/h1-10,14-15,22H,11-13,16-18H2,(H,25,29). The third kappa shape index (κ3) is 5.35. The van der Waals surface area contributed by atoms with E-state index < -0.39 is 0 Å². The Morgan fingerprint density at radius 3 is 2.37 bits per heavy atom. The quantitative estimate of drug-likeness (QED) is 0.655. The van der Waals surface area contributed by atoms with E-state index in [2.05, 4.69) is 32.3 Å². The monoisotopic (exact) mass is 402 g/mol. The van der Waals surface area contributed by atoms with Gasteiger partial charge < -0.3 is 15.0 Å². The first-order valence-corrected chi connectivity index (χ1v) is 10.4. The number of hydrogen-bond acceptors (Lipinski definition) is 5. The van der Waals surface area contributed by atoms with Gasteiger partial charge in [0.2, 0.25) is 5.95 Å². The molecule has 1 aliphatic heterocycles. The fraction of sp³-hybridized carbons (Fsp3) is 0.292. The molecule has 1 fully saturated rings. The highest BCUT2D eigenvalue weighted by Crippen LogP contribution is 2.21. The lowest BCUT2D eigenvalue weighted by atomic mass is 10.1. The van der Waals surface area contributed by atoms with E-state index in [1.54, 1.807) is 12.4 Å². The summed E-state index contributed by atoms with van der Waals surface area (Å²) in [6.45, 7) is 2.36. The van der Waals surface area contributed by atoms with E-state index in [9.17, 15) is 4.79 Å². The van der Waals surface area contributed by atoms with Crippen molar-refractivity contribution >= 4 is 11.9 Å². The third-order valence-corrected chi connectivity index (χ3v) is 5.24. The van der Waals surface area contributed by atoms with Crippen LogP contribution in [0.25, 0.3) is 0 Å². The zero-order chi connectivity index (χ0) is 20.6. The highest BCUT2D eigenvalue weighted by Gasteiger charge is 2.22. The molecule has 0 atom stereocenters. The number of benzene rings is 2. The number of carbonyl (C=O) groups is 1. The van der Waals surface area contributed by atoms with Crippen LogP contribution < -0.4 is 15.0 Å². The summed E-state index contributed by atoms with van der Waals surface area (Å²) in [5, 5.41) is 2.97. The zero-order valence-electron chi connectivity index (χ0n) is 16.9. The van der Waals surface area contributed by atoms with Crippen LogP contribution in [0.1, 0.15) is 28.8 Å². The molecule has 3 aromatic rings. The first-order valence-electron chi connectivity index (χ1n) is 10.4. The molecule has 1 aliphatic rings. The van der Waals surface area contributed by atoms with E-state index in [0.717, 1.165) is 44.0 Å². The number of piperidine rings is 1. The molecule has 1 N–H and O–H groups in total. The van der Waals surface area contributed by atoms with Gasteiger partial charge in [0.25, 0.3) is 5.91 Å². The molecule has 0 saturated carbocycles.